The summed E-state index contributed by atoms with van der Waals surface area (Å²) in [7, 11) is 1.34. The van der Waals surface area contributed by atoms with Crippen molar-refractivity contribution in [3.05, 3.63) is 41.7 Å². The van der Waals surface area contributed by atoms with E-state index in [2.05, 4.69) is 4.74 Å². The molecule has 0 aliphatic rings. The van der Waals surface area contributed by atoms with Crippen LogP contribution in [0.4, 0.5) is 0 Å². The molecule has 69 valence electrons. The zero-order valence-electron chi connectivity index (χ0n) is 8.23. The third-order valence-corrected chi connectivity index (χ3v) is 1.53. The van der Waals surface area contributed by atoms with Gasteiger partial charge in [-0.1, -0.05) is 30.3 Å². The molecular formula is C10H10NaO3. The third kappa shape index (κ3) is 3.96. The SMILES string of the molecule is COC(=Cc1ccccc1)C(=O)O.[Na]. The number of hydrogen-bond donors (Lipinski definition) is 1. The summed E-state index contributed by atoms with van der Waals surface area (Å²) >= 11 is 0. The van der Waals surface area contributed by atoms with Gasteiger partial charge in [0.25, 0.3) is 0 Å². The molecular weight excluding hydrogens is 191 g/mol. The Morgan fingerprint density at radius 3 is 2.36 bits per heavy atom. The van der Waals surface area contributed by atoms with E-state index in [-0.39, 0.29) is 35.3 Å². The molecule has 4 heteroatoms. The Morgan fingerprint density at radius 2 is 1.93 bits per heavy atom. The second-order valence-corrected chi connectivity index (χ2v) is 2.43. The molecule has 0 spiro atoms. The molecule has 0 aliphatic heterocycles. The van der Waals surface area contributed by atoms with E-state index >= 15 is 0 Å². The number of hydrogen-bond acceptors (Lipinski definition) is 2. The fourth-order valence-corrected chi connectivity index (χ4v) is 0.909. The molecule has 0 saturated carbocycles. The van der Waals surface area contributed by atoms with E-state index in [1.165, 1.54) is 13.2 Å². The van der Waals surface area contributed by atoms with E-state index in [0.717, 1.165) is 5.56 Å². The standard InChI is InChI=1S/C10H10O3.Na/c1-13-9(10(11)12)7-8-5-3-2-4-6-8;/h2-7H,1H3,(H,11,12);. The van der Waals surface area contributed by atoms with Gasteiger partial charge in [-0.25, -0.2) is 4.79 Å². The van der Waals surface area contributed by atoms with Gasteiger partial charge >= 0.3 is 5.97 Å². The fraction of sp³-hybridized carbons (Fsp3) is 0.100. The minimum Gasteiger partial charge on any atom is -0.490 e. The fourth-order valence-electron chi connectivity index (χ4n) is 0.909. The van der Waals surface area contributed by atoms with Crippen LogP contribution >= 0.6 is 0 Å². The van der Waals surface area contributed by atoms with E-state index in [1.54, 1.807) is 0 Å². The van der Waals surface area contributed by atoms with E-state index in [9.17, 15) is 4.79 Å². The van der Waals surface area contributed by atoms with Gasteiger partial charge in [0.2, 0.25) is 5.76 Å². The Labute approximate surface area is 105 Å². The van der Waals surface area contributed by atoms with Gasteiger partial charge in [0.1, 0.15) is 0 Å². The Kier molecular flexibility index (Phi) is 6.28. The van der Waals surface area contributed by atoms with Crippen molar-refractivity contribution in [1.29, 1.82) is 0 Å². The summed E-state index contributed by atoms with van der Waals surface area (Å²) in [4.78, 5) is 10.5. The van der Waals surface area contributed by atoms with Gasteiger partial charge in [0.15, 0.2) is 0 Å². The van der Waals surface area contributed by atoms with Gasteiger partial charge in [-0.15, -0.1) is 0 Å². The molecule has 1 N–H and O–H groups in total. The smallest absolute Gasteiger partial charge is 0.371 e. The maximum atomic E-state index is 10.5. The molecule has 0 saturated heterocycles. The first kappa shape index (κ1) is 13.2. The molecule has 0 heterocycles. The summed E-state index contributed by atoms with van der Waals surface area (Å²) in [6.07, 6.45) is 1.47. The van der Waals surface area contributed by atoms with Gasteiger partial charge in [0, 0.05) is 29.6 Å². The molecule has 1 radical (unpaired) electrons. The van der Waals surface area contributed by atoms with Crippen molar-refractivity contribution in [3.8, 4) is 0 Å². The Morgan fingerprint density at radius 1 is 1.36 bits per heavy atom. The molecule has 0 amide bonds. The number of methoxy groups -OCH3 is 1. The van der Waals surface area contributed by atoms with E-state index < -0.39 is 5.97 Å². The van der Waals surface area contributed by atoms with Crippen LogP contribution < -0.4 is 0 Å². The van der Waals surface area contributed by atoms with E-state index in [1.807, 2.05) is 30.3 Å². The second kappa shape index (κ2) is 6.65. The second-order valence-electron chi connectivity index (χ2n) is 2.43. The maximum absolute atomic E-state index is 10.5. The van der Waals surface area contributed by atoms with Crippen LogP contribution in [0.5, 0.6) is 0 Å². The molecule has 14 heavy (non-hydrogen) atoms. The minimum absolute atomic E-state index is 0. The Hall–Kier alpha value is -0.770. The largest absolute Gasteiger partial charge is 0.490 e. The number of benzene rings is 1. The van der Waals surface area contributed by atoms with E-state index in [4.69, 9.17) is 5.11 Å². The molecule has 1 rings (SSSR count). The summed E-state index contributed by atoms with van der Waals surface area (Å²) in [5, 5.41) is 8.64. The van der Waals surface area contributed by atoms with Crippen LogP contribution in [0.15, 0.2) is 36.1 Å². The van der Waals surface area contributed by atoms with Crippen molar-refractivity contribution >= 4 is 41.6 Å². The van der Waals surface area contributed by atoms with Gasteiger partial charge in [-0.05, 0) is 11.6 Å². The van der Waals surface area contributed by atoms with Crippen LogP contribution in [-0.4, -0.2) is 47.7 Å². The van der Waals surface area contributed by atoms with Crippen molar-refractivity contribution in [3.63, 3.8) is 0 Å². The van der Waals surface area contributed by atoms with E-state index in [0.29, 0.717) is 0 Å². The zero-order valence-corrected chi connectivity index (χ0v) is 10.2. The molecule has 0 aromatic heterocycles. The molecule has 0 fully saturated rings. The third-order valence-electron chi connectivity index (χ3n) is 1.53. The monoisotopic (exact) mass is 201 g/mol. The van der Waals surface area contributed by atoms with Crippen molar-refractivity contribution in [2.45, 2.75) is 0 Å². The maximum Gasteiger partial charge on any atom is 0.371 e. The Bertz CT molecular complexity index is 319. The van der Waals surface area contributed by atoms with Crippen LogP contribution in [0.25, 0.3) is 6.08 Å². The normalized spacial score (nSPS) is 10.2. The summed E-state index contributed by atoms with van der Waals surface area (Å²) in [5.41, 5.74) is 0.807. The summed E-state index contributed by atoms with van der Waals surface area (Å²) in [6, 6.07) is 9.15. The first-order valence-corrected chi connectivity index (χ1v) is 3.78. The number of carbonyl (C=O) groups is 1. The van der Waals surface area contributed by atoms with Crippen molar-refractivity contribution < 1.29 is 14.6 Å². The summed E-state index contributed by atoms with van der Waals surface area (Å²) in [6.45, 7) is 0. The molecule has 0 bridgehead atoms. The first-order chi connectivity index (χ1) is 6.24. The number of carboxylic acid groups (broad SMARTS) is 1. The zero-order chi connectivity index (χ0) is 9.68. The molecule has 3 nitrogen and oxygen atoms in total. The van der Waals surface area contributed by atoms with Crippen LogP contribution in [0.1, 0.15) is 5.56 Å². The molecule has 1 aromatic carbocycles. The topological polar surface area (TPSA) is 46.5 Å². The molecule has 0 aliphatic carbocycles. The van der Waals surface area contributed by atoms with Gasteiger partial charge in [-0.2, -0.15) is 0 Å². The van der Waals surface area contributed by atoms with Crippen molar-refractivity contribution in [2.75, 3.05) is 7.11 Å². The van der Waals surface area contributed by atoms with Gasteiger partial charge in [0.05, 0.1) is 7.11 Å². The molecule has 0 atom stereocenters. The number of aliphatic carboxylic acids is 1. The number of rotatable bonds is 3. The molecule has 0 unspecified atom stereocenters. The predicted octanol–water partition coefficient (Wildman–Crippen LogP) is 1.38. The van der Waals surface area contributed by atoms with Crippen LogP contribution in [0.2, 0.25) is 0 Å². The average Bonchev–Trinajstić information content (AvgIpc) is 2.15. The first-order valence-electron chi connectivity index (χ1n) is 3.78. The van der Waals surface area contributed by atoms with Crippen molar-refractivity contribution in [2.24, 2.45) is 0 Å². The van der Waals surface area contributed by atoms with Crippen LogP contribution in [0, 0.1) is 0 Å². The number of ether oxygens (including phenoxy) is 1. The number of carboxylic acids is 1. The van der Waals surface area contributed by atoms with Gasteiger partial charge in [-0.3, -0.25) is 0 Å². The summed E-state index contributed by atoms with van der Waals surface area (Å²) < 4.78 is 4.68. The Balaban J connectivity index is 0.00000169. The average molecular weight is 201 g/mol. The summed E-state index contributed by atoms with van der Waals surface area (Å²) in [5.74, 6) is -1.13. The van der Waals surface area contributed by atoms with Gasteiger partial charge < -0.3 is 9.84 Å². The predicted molar refractivity (Wildman–Crippen MR) is 54.8 cm³/mol. The molecule has 1 aromatic rings. The quantitative estimate of drug-likeness (QED) is 0.456. The van der Waals surface area contributed by atoms with Crippen molar-refractivity contribution in [1.82, 2.24) is 0 Å². The van der Waals surface area contributed by atoms with Crippen LogP contribution in [-0.2, 0) is 9.53 Å². The minimum atomic E-state index is -1.06. The van der Waals surface area contributed by atoms with Crippen LogP contribution in [0.3, 0.4) is 0 Å².